The molecule has 0 radical (unpaired) electrons. The fourth-order valence-electron chi connectivity index (χ4n) is 3.41. The molecule has 9 heteroatoms. The number of hydrogen-bond donors (Lipinski definition) is 2. The molecule has 0 heterocycles. The molecule has 2 aromatic rings. The minimum absolute atomic E-state index is 0. The molecule has 0 fully saturated rings. The summed E-state index contributed by atoms with van der Waals surface area (Å²) in [5, 5.41) is 11.0. The molecule has 1 atom stereocenters. The smallest absolute Gasteiger partial charge is 0.270 e. The van der Waals surface area contributed by atoms with Crippen molar-refractivity contribution in [3.63, 3.8) is 0 Å². The lowest BCUT2D eigenvalue weighted by Gasteiger charge is -2.27. The summed E-state index contributed by atoms with van der Waals surface area (Å²) in [6, 6.07) is 9.09. The van der Waals surface area contributed by atoms with Crippen molar-refractivity contribution in [3.05, 3.63) is 63.2 Å². The van der Waals surface area contributed by atoms with E-state index in [-0.39, 0.29) is 29.0 Å². The van der Waals surface area contributed by atoms with Crippen LogP contribution in [0.4, 0.5) is 11.4 Å². The Morgan fingerprint density at radius 2 is 2.00 bits per heavy atom. The van der Waals surface area contributed by atoms with Gasteiger partial charge in [0.05, 0.1) is 9.82 Å². The summed E-state index contributed by atoms with van der Waals surface area (Å²) in [6.45, 7) is 1.82. The highest BCUT2D eigenvalue weighted by molar-refractivity contribution is 7.89. The normalized spacial score (nSPS) is 16.3. The van der Waals surface area contributed by atoms with Gasteiger partial charge >= 0.3 is 0 Å². The molecule has 0 spiro atoms. The number of fused-ring (bicyclic) bond motifs is 1. The van der Waals surface area contributed by atoms with Crippen LogP contribution >= 0.6 is 12.4 Å². The lowest BCUT2D eigenvalue weighted by molar-refractivity contribution is -0.385. The standard InChI is InChI=1S/C18H21N3O4S.ClH/c1-2-12-6-8-15(21(22)23)11-18(12)26(24,25)20-17-5-3-4-13-10-14(19)7-9-16(13)17;/h6-11,17,20H,2-5,19H2,1H3;1H. The number of sulfonamides is 1. The van der Waals surface area contributed by atoms with E-state index in [1.54, 1.807) is 6.07 Å². The molecule has 0 aromatic heterocycles. The number of nitro benzene ring substituents is 1. The van der Waals surface area contributed by atoms with Crippen LogP contribution in [0.1, 0.15) is 42.5 Å². The molecular formula is C18H22ClN3O4S. The number of aryl methyl sites for hydroxylation is 2. The molecule has 3 rings (SSSR count). The first-order chi connectivity index (χ1) is 12.3. The van der Waals surface area contributed by atoms with Crippen LogP contribution < -0.4 is 10.5 Å². The zero-order valence-electron chi connectivity index (χ0n) is 14.8. The number of nitrogens with zero attached hydrogens (tertiary/aromatic N) is 1. The summed E-state index contributed by atoms with van der Waals surface area (Å²) >= 11 is 0. The van der Waals surface area contributed by atoms with E-state index in [2.05, 4.69) is 4.72 Å². The van der Waals surface area contributed by atoms with Gasteiger partial charge in [-0.2, -0.15) is 0 Å². The van der Waals surface area contributed by atoms with Crippen molar-refractivity contribution in [1.82, 2.24) is 4.72 Å². The van der Waals surface area contributed by atoms with Gasteiger partial charge < -0.3 is 5.73 Å². The predicted molar refractivity (Wildman–Crippen MR) is 107 cm³/mol. The zero-order chi connectivity index (χ0) is 18.9. The van der Waals surface area contributed by atoms with E-state index in [1.165, 1.54) is 12.1 Å². The summed E-state index contributed by atoms with van der Waals surface area (Å²) in [5.41, 5.74) is 8.75. The number of rotatable bonds is 5. The average molecular weight is 412 g/mol. The Balaban J connectivity index is 0.00000261. The number of nitrogens with one attached hydrogen (secondary N) is 1. The van der Waals surface area contributed by atoms with Crippen molar-refractivity contribution in [2.45, 2.75) is 43.5 Å². The summed E-state index contributed by atoms with van der Waals surface area (Å²) in [7, 11) is -3.90. The third-order valence-corrected chi connectivity index (χ3v) is 6.26. The molecule has 1 unspecified atom stereocenters. The number of nitrogen functional groups attached to an aromatic ring is 1. The van der Waals surface area contributed by atoms with Gasteiger partial charge in [-0.25, -0.2) is 13.1 Å². The maximum Gasteiger partial charge on any atom is 0.270 e. The second-order valence-corrected chi connectivity index (χ2v) is 8.11. The number of anilines is 1. The molecule has 0 bridgehead atoms. The van der Waals surface area contributed by atoms with Crippen LogP contribution in [0.5, 0.6) is 0 Å². The van der Waals surface area contributed by atoms with Gasteiger partial charge in [0.25, 0.3) is 5.69 Å². The minimum Gasteiger partial charge on any atom is -0.399 e. The quantitative estimate of drug-likeness (QED) is 0.443. The van der Waals surface area contributed by atoms with Gasteiger partial charge in [0.15, 0.2) is 0 Å². The molecule has 1 aliphatic carbocycles. The maximum atomic E-state index is 13.0. The first kappa shape index (κ1) is 21.1. The third-order valence-electron chi connectivity index (χ3n) is 4.71. The fourth-order valence-corrected chi connectivity index (χ4v) is 4.99. The van der Waals surface area contributed by atoms with Crippen molar-refractivity contribution >= 4 is 33.8 Å². The molecular weight excluding hydrogens is 390 g/mol. The predicted octanol–water partition coefficient (Wildman–Crippen LogP) is 3.52. The second kappa shape index (κ2) is 8.24. The second-order valence-electron chi connectivity index (χ2n) is 6.43. The van der Waals surface area contributed by atoms with Gasteiger partial charge in [-0.15, -0.1) is 12.4 Å². The average Bonchev–Trinajstić information content (AvgIpc) is 2.60. The Morgan fingerprint density at radius 1 is 1.26 bits per heavy atom. The Morgan fingerprint density at radius 3 is 2.67 bits per heavy atom. The van der Waals surface area contributed by atoms with Crippen LogP contribution in [0.25, 0.3) is 0 Å². The number of nitrogens with two attached hydrogens (primary N) is 1. The van der Waals surface area contributed by atoms with Crippen LogP contribution in [0.15, 0.2) is 41.3 Å². The Bertz CT molecular complexity index is 963. The van der Waals surface area contributed by atoms with Crippen LogP contribution in [-0.2, 0) is 22.9 Å². The summed E-state index contributed by atoms with van der Waals surface area (Å²) in [5.74, 6) is 0. The number of hydrogen-bond acceptors (Lipinski definition) is 5. The van der Waals surface area contributed by atoms with E-state index < -0.39 is 14.9 Å². The molecule has 146 valence electrons. The minimum atomic E-state index is -3.90. The highest BCUT2D eigenvalue weighted by Crippen LogP contribution is 2.33. The van der Waals surface area contributed by atoms with Crippen LogP contribution in [0.2, 0.25) is 0 Å². The summed E-state index contributed by atoms with van der Waals surface area (Å²) in [6.07, 6.45) is 2.84. The summed E-state index contributed by atoms with van der Waals surface area (Å²) in [4.78, 5) is 10.4. The van der Waals surface area contributed by atoms with Crippen molar-refractivity contribution < 1.29 is 13.3 Å². The van der Waals surface area contributed by atoms with Gasteiger partial charge in [0.1, 0.15) is 0 Å². The zero-order valence-corrected chi connectivity index (χ0v) is 16.5. The molecule has 0 saturated carbocycles. The molecule has 2 aromatic carbocycles. The molecule has 1 aliphatic rings. The van der Waals surface area contributed by atoms with E-state index in [1.807, 2.05) is 19.1 Å². The van der Waals surface area contributed by atoms with Crippen LogP contribution in [0.3, 0.4) is 0 Å². The maximum absolute atomic E-state index is 13.0. The number of halogens is 1. The first-order valence-electron chi connectivity index (χ1n) is 8.49. The van der Waals surface area contributed by atoms with Gasteiger partial charge in [0.2, 0.25) is 10.0 Å². The summed E-state index contributed by atoms with van der Waals surface area (Å²) < 4.78 is 28.7. The van der Waals surface area contributed by atoms with E-state index >= 15 is 0 Å². The van der Waals surface area contributed by atoms with Crippen molar-refractivity contribution in [2.75, 3.05) is 5.73 Å². The number of benzene rings is 2. The molecule has 3 N–H and O–H groups in total. The largest absolute Gasteiger partial charge is 0.399 e. The third kappa shape index (κ3) is 4.40. The Hall–Kier alpha value is -2.16. The number of nitro groups is 1. The van der Waals surface area contributed by atoms with E-state index in [0.717, 1.165) is 30.0 Å². The molecule has 7 nitrogen and oxygen atoms in total. The Labute approximate surface area is 164 Å². The Kier molecular flexibility index (Phi) is 6.46. The molecule has 0 saturated heterocycles. The lowest BCUT2D eigenvalue weighted by atomic mass is 9.88. The van der Waals surface area contributed by atoms with Crippen LogP contribution in [-0.4, -0.2) is 13.3 Å². The monoisotopic (exact) mass is 411 g/mol. The van der Waals surface area contributed by atoms with Crippen molar-refractivity contribution in [2.24, 2.45) is 0 Å². The van der Waals surface area contributed by atoms with Gasteiger partial charge in [-0.1, -0.05) is 19.1 Å². The van der Waals surface area contributed by atoms with Gasteiger partial charge in [0, 0.05) is 23.9 Å². The SMILES string of the molecule is CCc1ccc([N+](=O)[O-])cc1S(=O)(=O)NC1CCCc2cc(N)ccc21.Cl. The van der Waals surface area contributed by atoms with E-state index in [9.17, 15) is 18.5 Å². The topological polar surface area (TPSA) is 115 Å². The first-order valence-corrected chi connectivity index (χ1v) is 9.98. The van der Waals surface area contributed by atoms with Crippen molar-refractivity contribution in [3.8, 4) is 0 Å². The highest BCUT2D eigenvalue weighted by atomic mass is 35.5. The van der Waals surface area contributed by atoms with Crippen LogP contribution in [0, 0.1) is 10.1 Å². The number of non-ortho nitro benzene ring substituents is 1. The molecule has 27 heavy (non-hydrogen) atoms. The highest BCUT2D eigenvalue weighted by Gasteiger charge is 2.28. The van der Waals surface area contributed by atoms with Gasteiger partial charge in [-0.3, -0.25) is 10.1 Å². The molecule has 0 amide bonds. The van der Waals surface area contributed by atoms with E-state index in [0.29, 0.717) is 24.1 Å². The van der Waals surface area contributed by atoms with Gasteiger partial charge in [-0.05, 0) is 54.5 Å². The fraction of sp³-hybridized carbons (Fsp3) is 0.333. The van der Waals surface area contributed by atoms with E-state index in [4.69, 9.17) is 5.73 Å². The van der Waals surface area contributed by atoms with Crippen molar-refractivity contribution in [1.29, 1.82) is 0 Å². The lowest BCUT2D eigenvalue weighted by Crippen LogP contribution is -2.31. The molecule has 0 aliphatic heterocycles.